The number of carbonyl (C=O) groups is 2. The lowest BCUT2D eigenvalue weighted by Crippen LogP contribution is -2.50. The Kier molecular flexibility index (Phi) is 6.92. The van der Waals surface area contributed by atoms with Crippen LogP contribution in [0.1, 0.15) is 13.3 Å². The summed E-state index contributed by atoms with van der Waals surface area (Å²) in [6.07, 6.45) is 3.78. The number of amides is 2. The molecule has 0 unspecified atom stereocenters. The van der Waals surface area contributed by atoms with Gasteiger partial charge in [-0.1, -0.05) is 0 Å². The van der Waals surface area contributed by atoms with E-state index in [4.69, 9.17) is 4.74 Å². The average molecular weight is 335 g/mol. The second-order valence-electron chi connectivity index (χ2n) is 5.67. The van der Waals surface area contributed by atoms with Crippen LogP contribution in [0.5, 0.6) is 0 Å². The summed E-state index contributed by atoms with van der Waals surface area (Å²) < 4.78 is 4.99. The molecule has 0 saturated carbocycles. The molecule has 1 aromatic heterocycles. The molecule has 0 aliphatic carbocycles. The van der Waals surface area contributed by atoms with E-state index in [1.54, 1.807) is 30.5 Å². The van der Waals surface area contributed by atoms with Gasteiger partial charge in [0.2, 0.25) is 17.8 Å². The van der Waals surface area contributed by atoms with Gasteiger partial charge in [-0.15, -0.1) is 0 Å². The van der Waals surface area contributed by atoms with E-state index in [9.17, 15) is 9.59 Å². The van der Waals surface area contributed by atoms with Gasteiger partial charge in [-0.3, -0.25) is 9.59 Å². The smallest absolute Gasteiger partial charge is 0.225 e. The predicted molar refractivity (Wildman–Crippen MR) is 89.6 cm³/mol. The molecule has 8 nitrogen and oxygen atoms in total. The van der Waals surface area contributed by atoms with Crippen LogP contribution < -0.4 is 4.90 Å². The highest BCUT2D eigenvalue weighted by molar-refractivity contribution is 5.78. The highest BCUT2D eigenvalue weighted by Gasteiger charge is 2.23. The molecule has 2 amide bonds. The standard InChI is InChI=1S/C16H25N5O3/c1-14(22)19(12-13-24-2)7-4-15(23)20-8-10-21(11-9-20)16-17-5-3-6-18-16/h3,5-6H,4,7-13H2,1-2H3. The van der Waals surface area contributed by atoms with Crippen LogP contribution in [0.2, 0.25) is 0 Å². The van der Waals surface area contributed by atoms with Crippen molar-refractivity contribution in [3.8, 4) is 0 Å². The van der Waals surface area contributed by atoms with Crippen LogP contribution in [-0.4, -0.2) is 84.6 Å². The van der Waals surface area contributed by atoms with Crippen molar-refractivity contribution in [1.82, 2.24) is 19.8 Å². The number of hydrogen-bond acceptors (Lipinski definition) is 6. The highest BCUT2D eigenvalue weighted by atomic mass is 16.5. The number of nitrogens with zero attached hydrogens (tertiary/aromatic N) is 5. The van der Waals surface area contributed by atoms with Gasteiger partial charge < -0.3 is 19.4 Å². The molecule has 0 radical (unpaired) electrons. The van der Waals surface area contributed by atoms with E-state index >= 15 is 0 Å². The van der Waals surface area contributed by atoms with Crippen LogP contribution >= 0.6 is 0 Å². The van der Waals surface area contributed by atoms with Crippen molar-refractivity contribution in [1.29, 1.82) is 0 Å². The highest BCUT2D eigenvalue weighted by Crippen LogP contribution is 2.10. The normalized spacial score (nSPS) is 14.6. The minimum Gasteiger partial charge on any atom is -0.383 e. The van der Waals surface area contributed by atoms with Crippen LogP contribution in [0.15, 0.2) is 18.5 Å². The first kappa shape index (κ1) is 18.1. The largest absolute Gasteiger partial charge is 0.383 e. The Bertz CT molecular complexity index is 532. The first-order valence-corrected chi connectivity index (χ1v) is 8.16. The monoisotopic (exact) mass is 335 g/mol. The fourth-order valence-corrected chi connectivity index (χ4v) is 2.63. The molecule has 132 valence electrons. The van der Waals surface area contributed by atoms with Crippen molar-refractivity contribution in [3.05, 3.63) is 18.5 Å². The lowest BCUT2D eigenvalue weighted by atomic mass is 10.2. The van der Waals surface area contributed by atoms with Crippen molar-refractivity contribution in [2.75, 3.05) is 57.9 Å². The fraction of sp³-hybridized carbons (Fsp3) is 0.625. The molecule has 24 heavy (non-hydrogen) atoms. The van der Waals surface area contributed by atoms with Crippen LogP contribution in [0, 0.1) is 0 Å². The lowest BCUT2D eigenvalue weighted by molar-refractivity contribution is -0.134. The first-order valence-electron chi connectivity index (χ1n) is 8.16. The summed E-state index contributed by atoms with van der Waals surface area (Å²) in [5.41, 5.74) is 0. The van der Waals surface area contributed by atoms with Crippen molar-refractivity contribution < 1.29 is 14.3 Å². The number of aromatic nitrogens is 2. The molecular weight excluding hydrogens is 310 g/mol. The van der Waals surface area contributed by atoms with Gasteiger partial charge >= 0.3 is 0 Å². The number of ether oxygens (including phenoxy) is 1. The van der Waals surface area contributed by atoms with Crippen LogP contribution in [0.4, 0.5) is 5.95 Å². The topological polar surface area (TPSA) is 78.9 Å². The number of methoxy groups -OCH3 is 1. The van der Waals surface area contributed by atoms with E-state index in [0.717, 1.165) is 13.1 Å². The van der Waals surface area contributed by atoms with E-state index in [0.29, 0.717) is 45.2 Å². The Morgan fingerprint density at radius 1 is 1.17 bits per heavy atom. The quantitative estimate of drug-likeness (QED) is 0.698. The second kappa shape index (κ2) is 9.17. The minimum absolute atomic E-state index is 0.0362. The van der Waals surface area contributed by atoms with Gasteiger partial charge in [0, 0.05) is 72.1 Å². The van der Waals surface area contributed by atoms with E-state index in [1.165, 1.54) is 6.92 Å². The summed E-state index contributed by atoms with van der Waals surface area (Å²) in [5.74, 6) is 0.741. The minimum atomic E-state index is -0.0362. The average Bonchev–Trinajstić information content (AvgIpc) is 2.62. The second-order valence-corrected chi connectivity index (χ2v) is 5.67. The number of carbonyl (C=O) groups excluding carboxylic acids is 2. The molecule has 1 aromatic rings. The first-order chi connectivity index (χ1) is 11.6. The summed E-state index contributed by atoms with van der Waals surface area (Å²) in [4.78, 5) is 37.9. The third kappa shape index (κ3) is 5.16. The number of piperazine rings is 1. The van der Waals surface area contributed by atoms with Crippen LogP contribution in [-0.2, 0) is 14.3 Å². The summed E-state index contributed by atoms with van der Waals surface area (Å²) in [7, 11) is 1.60. The molecule has 0 aromatic carbocycles. The molecule has 1 saturated heterocycles. The molecule has 8 heteroatoms. The van der Waals surface area contributed by atoms with Gasteiger partial charge in [0.15, 0.2) is 0 Å². The van der Waals surface area contributed by atoms with Crippen molar-refractivity contribution in [2.45, 2.75) is 13.3 Å². The zero-order chi connectivity index (χ0) is 17.4. The Morgan fingerprint density at radius 3 is 2.42 bits per heavy atom. The number of rotatable bonds is 7. The van der Waals surface area contributed by atoms with Gasteiger partial charge in [-0.25, -0.2) is 9.97 Å². The molecule has 0 bridgehead atoms. The van der Waals surface area contributed by atoms with Gasteiger partial charge in [0.25, 0.3) is 0 Å². The van der Waals surface area contributed by atoms with Crippen molar-refractivity contribution >= 4 is 17.8 Å². The van der Waals surface area contributed by atoms with Crippen molar-refractivity contribution in [3.63, 3.8) is 0 Å². The zero-order valence-corrected chi connectivity index (χ0v) is 14.3. The third-order valence-electron chi connectivity index (χ3n) is 4.07. The molecule has 1 fully saturated rings. The molecule has 1 aliphatic rings. The van der Waals surface area contributed by atoms with Crippen LogP contribution in [0.3, 0.4) is 0 Å². The molecular formula is C16H25N5O3. The molecule has 2 rings (SSSR count). The molecule has 2 heterocycles. The summed E-state index contributed by atoms with van der Waals surface area (Å²) in [6, 6.07) is 1.79. The maximum Gasteiger partial charge on any atom is 0.225 e. The Morgan fingerprint density at radius 2 is 1.83 bits per heavy atom. The molecule has 0 N–H and O–H groups in total. The Balaban J connectivity index is 1.77. The van der Waals surface area contributed by atoms with Gasteiger partial charge in [0.1, 0.15) is 0 Å². The SMILES string of the molecule is COCCN(CCC(=O)N1CCN(c2ncccn2)CC1)C(C)=O. The van der Waals surface area contributed by atoms with E-state index in [1.807, 2.05) is 4.90 Å². The van der Waals surface area contributed by atoms with Gasteiger partial charge in [-0.05, 0) is 6.07 Å². The molecule has 1 aliphatic heterocycles. The van der Waals surface area contributed by atoms with Gasteiger partial charge in [0.05, 0.1) is 6.61 Å². The predicted octanol–water partition coefficient (Wildman–Crippen LogP) is 0.0102. The Labute approximate surface area is 142 Å². The molecule has 0 spiro atoms. The zero-order valence-electron chi connectivity index (χ0n) is 14.3. The number of anilines is 1. The van der Waals surface area contributed by atoms with E-state index in [2.05, 4.69) is 14.9 Å². The maximum absolute atomic E-state index is 12.3. The maximum atomic E-state index is 12.3. The summed E-state index contributed by atoms with van der Waals surface area (Å²) in [6.45, 7) is 5.66. The van der Waals surface area contributed by atoms with Crippen LogP contribution in [0.25, 0.3) is 0 Å². The fourth-order valence-electron chi connectivity index (χ4n) is 2.63. The summed E-state index contributed by atoms with van der Waals surface area (Å²) in [5, 5.41) is 0. The third-order valence-corrected chi connectivity index (χ3v) is 4.07. The Hall–Kier alpha value is -2.22. The van der Waals surface area contributed by atoms with Gasteiger partial charge in [-0.2, -0.15) is 0 Å². The number of hydrogen-bond donors (Lipinski definition) is 0. The summed E-state index contributed by atoms with van der Waals surface area (Å²) >= 11 is 0. The van der Waals surface area contributed by atoms with E-state index in [-0.39, 0.29) is 11.8 Å². The van der Waals surface area contributed by atoms with E-state index < -0.39 is 0 Å². The molecule has 0 atom stereocenters. The van der Waals surface area contributed by atoms with Crippen molar-refractivity contribution in [2.24, 2.45) is 0 Å². The lowest BCUT2D eigenvalue weighted by Gasteiger charge is -2.35.